The third-order valence-electron chi connectivity index (χ3n) is 3.89. The minimum atomic E-state index is -0.0208. The third kappa shape index (κ3) is 5.31. The molecule has 25 heavy (non-hydrogen) atoms. The van der Waals surface area contributed by atoms with Crippen molar-refractivity contribution in [3.63, 3.8) is 0 Å². The molecule has 2 N–H and O–H groups in total. The van der Waals surface area contributed by atoms with Crippen LogP contribution in [0.15, 0.2) is 24.3 Å². The first-order valence-corrected chi connectivity index (χ1v) is 8.89. The largest absolute Gasteiger partial charge is 0.356 e. The molecule has 0 unspecified atom stereocenters. The van der Waals surface area contributed by atoms with Crippen molar-refractivity contribution in [3.05, 3.63) is 30.1 Å². The summed E-state index contributed by atoms with van der Waals surface area (Å²) in [6.45, 7) is 8.51. The van der Waals surface area contributed by atoms with Crippen molar-refractivity contribution >= 4 is 22.8 Å². The summed E-state index contributed by atoms with van der Waals surface area (Å²) in [7, 11) is 0. The Hall–Kier alpha value is -2.37. The number of nitrogens with zero attached hydrogens (tertiary/aromatic N) is 2. The molecule has 0 spiro atoms. The standard InChI is InChI=1S/C19H28N4O2/c1-13(2)19(25)20-11-7-10-17-22-15-8-5-6-9-16(15)23(17)12-18(24)21-14(3)4/h5-6,8-9,13-14H,7,10-12H2,1-4H3,(H,20,25)(H,21,24). The van der Waals surface area contributed by atoms with Gasteiger partial charge in [0.2, 0.25) is 11.8 Å². The summed E-state index contributed by atoms with van der Waals surface area (Å²) in [5.41, 5.74) is 1.85. The molecule has 0 fully saturated rings. The van der Waals surface area contributed by atoms with E-state index < -0.39 is 0 Å². The van der Waals surface area contributed by atoms with Crippen molar-refractivity contribution in [1.29, 1.82) is 0 Å². The average Bonchev–Trinajstić information content (AvgIpc) is 2.88. The summed E-state index contributed by atoms with van der Waals surface area (Å²) in [5, 5.41) is 5.84. The number of hydrogen-bond acceptors (Lipinski definition) is 3. The van der Waals surface area contributed by atoms with Gasteiger partial charge in [-0.15, -0.1) is 0 Å². The molecule has 2 amide bonds. The lowest BCUT2D eigenvalue weighted by atomic mass is 10.2. The number of imidazole rings is 1. The molecule has 1 heterocycles. The molecule has 0 aliphatic rings. The van der Waals surface area contributed by atoms with Crippen molar-refractivity contribution in [2.75, 3.05) is 6.54 Å². The molecule has 0 atom stereocenters. The highest BCUT2D eigenvalue weighted by Crippen LogP contribution is 2.17. The second-order valence-corrected chi connectivity index (χ2v) is 6.87. The van der Waals surface area contributed by atoms with Gasteiger partial charge in [0.15, 0.2) is 0 Å². The maximum Gasteiger partial charge on any atom is 0.240 e. The van der Waals surface area contributed by atoms with E-state index in [0.717, 1.165) is 23.3 Å². The highest BCUT2D eigenvalue weighted by atomic mass is 16.2. The number of fused-ring (bicyclic) bond motifs is 1. The number of amides is 2. The van der Waals surface area contributed by atoms with E-state index in [-0.39, 0.29) is 30.3 Å². The van der Waals surface area contributed by atoms with Gasteiger partial charge < -0.3 is 15.2 Å². The molecule has 0 saturated carbocycles. The van der Waals surface area contributed by atoms with Crippen molar-refractivity contribution < 1.29 is 9.59 Å². The fourth-order valence-electron chi connectivity index (χ4n) is 2.67. The number of nitrogens with one attached hydrogen (secondary N) is 2. The summed E-state index contributed by atoms with van der Waals surface area (Å²) >= 11 is 0. The first-order valence-electron chi connectivity index (χ1n) is 8.89. The lowest BCUT2D eigenvalue weighted by molar-refractivity contribution is -0.124. The van der Waals surface area contributed by atoms with Crippen LogP contribution in [-0.4, -0.2) is 34.0 Å². The van der Waals surface area contributed by atoms with E-state index in [9.17, 15) is 9.59 Å². The molecule has 1 aromatic heterocycles. The summed E-state index contributed by atoms with van der Waals surface area (Å²) in [6, 6.07) is 7.94. The normalized spacial score (nSPS) is 11.3. The van der Waals surface area contributed by atoms with E-state index in [2.05, 4.69) is 15.6 Å². The van der Waals surface area contributed by atoms with E-state index in [1.807, 2.05) is 56.5 Å². The third-order valence-corrected chi connectivity index (χ3v) is 3.89. The maximum absolute atomic E-state index is 12.2. The van der Waals surface area contributed by atoms with Gasteiger partial charge in [-0.1, -0.05) is 26.0 Å². The Morgan fingerprint density at radius 1 is 1.16 bits per heavy atom. The first-order chi connectivity index (χ1) is 11.9. The molecule has 6 heteroatoms. The van der Waals surface area contributed by atoms with Gasteiger partial charge in [-0.3, -0.25) is 9.59 Å². The van der Waals surface area contributed by atoms with Gasteiger partial charge >= 0.3 is 0 Å². The highest BCUT2D eigenvalue weighted by molar-refractivity contribution is 5.81. The number of benzene rings is 1. The number of rotatable bonds is 8. The first kappa shape index (κ1) is 19.0. The predicted molar refractivity (Wildman–Crippen MR) is 99.2 cm³/mol. The lowest BCUT2D eigenvalue weighted by Crippen LogP contribution is -2.33. The molecule has 0 saturated heterocycles. The van der Waals surface area contributed by atoms with Crippen LogP contribution in [0.25, 0.3) is 11.0 Å². The van der Waals surface area contributed by atoms with Gasteiger partial charge in [0, 0.05) is 24.9 Å². The van der Waals surface area contributed by atoms with Crippen LogP contribution >= 0.6 is 0 Å². The van der Waals surface area contributed by atoms with Gasteiger partial charge in [0.05, 0.1) is 11.0 Å². The van der Waals surface area contributed by atoms with E-state index in [1.165, 1.54) is 0 Å². The zero-order valence-corrected chi connectivity index (χ0v) is 15.5. The van der Waals surface area contributed by atoms with Crippen LogP contribution in [0, 0.1) is 5.92 Å². The molecule has 136 valence electrons. The summed E-state index contributed by atoms with van der Waals surface area (Å²) in [6.07, 6.45) is 1.50. The Labute approximate surface area is 149 Å². The summed E-state index contributed by atoms with van der Waals surface area (Å²) in [5.74, 6) is 0.903. The smallest absolute Gasteiger partial charge is 0.240 e. The number of carbonyl (C=O) groups excluding carboxylic acids is 2. The van der Waals surface area contributed by atoms with E-state index in [1.54, 1.807) is 0 Å². The van der Waals surface area contributed by atoms with Crippen LogP contribution in [0.2, 0.25) is 0 Å². The van der Waals surface area contributed by atoms with Crippen molar-refractivity contribution in [3.8, 4) is 0 Å². The fraction of sp³-hybridized carbons (Fsp3) is 0.526. The fourth-order valence-corrected chi connectivity index (χ4v) is 2.67. The molecular weight excluding hydrogens is 316 g/mol. The second kappa shape index (κ2) is 8.65. The number of carbonyl (C=O) groups is 2. The van der Waals surface area contributed by atoms with Crippen LogP contribution in [0.1, 0.15) is 39.9 Å². The Morgan fingerprint density at radius 2 is 1.88 bits per heavy atom. The van der Waals surface area contributed by atoms with Crippen LogP contribution in [0.4, 0.5) is 0 Å². The number of aryl methyl sites for hydroxylation is 1. The second-order valence-electron chi connectivity index (χ2n) is 6.87. The van der Waals surface area contributed by atoms with E-state index >= 15 is 0 Å². The van der Waals surface area contributed by atoms with Crippen LogP contribution in [-0.2, 0) is 22.6 Å². The van der Waals surface area contributed by atoms with Gasteiger partial charge in [-0.25, -0.2) is 4.98 Å². The molecule has 1 aromatic carbocycles. The molecule has 2 rings (SSSR count). The van der Waals surface area contributed by atoms with Crippen molar-refractivity contribution in [2.45, 2.75) is 53.1 Å². The van der Waals surface area contributed by atoms with Gasteiger partial charge in [0.25, 0.3) is 0 Å². The number of para-hydroxylation sites is 2. The lowest BCUT2D eigenvalue weighted by Gasteiger charge is -2.12. The molecule has 0 aliphatic heterocycles. The number of aromatic nitrogens is 2. The minimum Gasteiger partial charge on any atom is -0.356 e. The molecule has 0 radical (unpaired) electrons. The Bertz CT molecular complexity index is 734. The molecule has 6 nitrogen and oxygen atoms in total. The molecule has 0 aliphatic carbocycles. The maximum atomic E-state index is 12.2. The summed E-state index contributed by atoms with van der Waals surface area (Å²) < 4.78 is 1.97. The number of hydrogen-bond donors (Lipinski definition) is 2. The Balaban J connectivity index is 2.08. The SMILES string of the molecule is CC(C)NC(=O)Cn1c(CCCNC(=O)C(C)C)nc2ccccc21. The van der Waals surface area contributed by atoms with Gasteiger partial charge in [0.1, 0.15) is 12.4 Å². The Morgan fingerprint density at radius 3 is 2.56 bits per heavy atom. The minimum absolute atomic E-state index is 0.00990. The predicted octanol–water partition coefficient (Wildman–Crippen LogP) is 2.27. The quantitative estimate of drug-likeness (QED) is 0.721. The van der Waals surface area contributed by atoms with Crippen molar-refractivity contribution in [2.24, 2.45) is 5.92 Å². The molecule has 2 aromatic rings. The Kier molecular flexibility index (Phi) is 6.56. The van der Waals surface area contributed by atoms with Gasteiger partial charge in [-0.05, 0) is 32.4 Å². The van der Waals surface area contributed by atoms with E-state index in [4.69, 9.17) is 0 Å². The van der Waals surface area contributed by atoms with Gasteiger partial charge in [-0.2, -0.15) is 0 Å². The highest BCUT2D eigenvalue weighted by Gasteiger charge is 2.14. The monoisotopic (exact) mass is 344 g/mol. The molecular formula is C19H28N4O2. The zero-order chi connectivity index (χ0) is 18.4. The topological polar surface area (TPSA) is 76.0 Å². The van der Waals surface area contributed by atoms with Crippen LogP contribution in [0.3, 0.4) is 0 Å². The van der Waals surface area contributed by atoms with Crippen LogP contribution in [0.5, 0.6) is 0 Å². The summed E-state index contributed by atoms with van der Waals surface area (Å²) in [4.78, 5) is 28.5. The van der Waals surface area contributed by atoms with Crippen molar-refractivity contribution in [1.82, 2.24) is 20.2 Å². The van der Waals surface area contributed by atoms with E-state index in [0.29, 0.717) is 13.0 Å². The average molecular weight is 344 g/mol. The zero-order valence-electron chi connectivity index (χ0n) is 15.5. The molecule has 0 bridgehead atoms. The van der Waals surface area contributed by atoms with Crippen LogP contribution < -0.4 is 10.6 Å².